The fourth-order valence-electron chi connectivity index (χ4n) is 3.25. The highest BCUT2D eigenvalue weighted by atomic mass is 32.2. The fourth-order valence-corrected chi connectivity index (χ4v) is 4.00. The summed E-state index contributed by atoms with van der Waals surface area (Å²) in [5, 5.41) is 8.33. The van der Waals surface area contributed by atoms with E-state index in [-0.39, 0.29) is 11.2 Å². The zero-order chi connectivity index (χ0) is 18.8. The molecule has 4 rings (SSSR count). The second kappa shape index (κ2) is 7.56. The van der Waals surface area contributed by atoms with Gasteiger partial charge in [-0.3, -0.25) is 4.79 Å². The van der Waals surface area contributed by atoms with Crippen LogP contribution in [0.25, 0.3) is 11.5 Å². The van der Waals surface area contributed by atoms with Crippen molar-refractivity contribution in [2.75, 3.05) is 11.4 Å². The lowest BCUT2D eigenvalue weighted by Gasteiger charge is -2.31. The van der Waals surface area contributed by atoms with Crippen molar-refractivity contribution >= 4 is 23.4 Å². The zero-order valence-corrected chi connectivity index (χ0v) is 16.2. The molecular formula is C21H21N3O2S. The number of hydrogen-bond acceptors (Lipinski definition) is 5. The minimum atomic E-state index is -0.303. The van der Waals surface area contributed by atoms with Gasteiger partial charge in [-0.15, -0.1) is 10.2 Å². The first kappa shape index (κ1) is 17.8. The highest BCUT2D eigenvalue weighted by molar-refractivity contribution is 8.00. The molecule has 138 valence electrons. The maximum absolute atomic E-state index is 13.0. The summed E-state index contributed by atoms with van der Waals surface area (Å²) < 4.78 is 5.76. The number of carbonyl (C=O) groups excluding carboxylic acids is 1. The normalized spacial score (nSPS) is 14.7. The van der Waals surface area contributed by atoms with Gasteiger partial charge >= 0.3 is 0 Å². The standard InChI is InChI=1S/C21H21N3O2S/c1-14-9-11-17(12-10-14)19-22-23-21(26-19)27-15(2)20(25)24-13-5-7-16-6-3-4-8-18(16)24/h3-4,6,8-12,15H,5,7,13H2,1-2H3. The number of aromatic nitrogens is 2. The van der Waals surface area contributed by atoms with E-state index in [1.165, 1.54) is 22.9 Å². The molecule has 0 bridgehead atoms. The second-order valence-electron chi connectivity index (χ2n) is 6.72. The Hall–Kier alpha value is -2.60. The van der Waals surface area contributed by atoms with Gasteiger partial charge in [-0.1, -0.05) is 47.7 Å². The minimum Gasteiger partial charge on any atom is -0.411 e. The van der Waals surface area contributed by atoms with Crippen molar-refractivity contribution in [2.45, 2.75) is 37.2 Å². The van der Waals surface area contributed by atoms with Crippen LogP contribution in [-0.2, 0) is 11.2 Å². The molecule has 6 heteroatoms. The maximum Gasteiger partial charge on any atom is 0.277 e. The van der Waals surface area contributed by atoms with Gasteiger partial charge in [0.1, 0.15) is 0 Å². The number of rotatable bonds is 4. The highest BCUT2D eigenvalue weighted by Gasteiger charge is 2.28. The molecule has 1 unspecified atom stereocenters. The number of thioether (sulfide) groups is 1. The van der Waals surface area contributed by atoms with Gasteiger partial charge in [0.2, 0.25) is 11.8 Å². The summed E-state index contributed by atoms with van der Waals surface area (Å²) >= 11 is 1.31. The van der Waals surface area contributed by atoms with Crippen molar-refractivity contribution in [3.05, 3.63) is 59.7 Å². The molecule has 1 aliphatic rings. The van der Waals surface area contributed by atoms with Crippen molar-refractivity contribution in [1.29, 1.82) is 0 Å². The molecule has 0 radical (unpaired) electrons. The molecule has 0 spiro atoms. The largest absolute Gasteiger partial charge is 0.411 e. The van der Waals surface area contributed by atoms with Crippen LogP contribution >= 0.6 is 11.8 Å². The van der Waals surface area contributed by atoms with Crippen LogP contribution in [-0.4, -0.2) is 27.9 Å². The van der Waals surface area contributed by atoms with Crippen LogP contribution in [0.3, 0.4) is 0 Å². The number of hydrogen-bond donors (Lipinski definition) is 0. The van der Waals surface area contributed by atoms with E-state index in [9.17, 15) is 4.79 Å². The Bertz CT molecular complexity index is 952. The van der Waals surface area contributed by atoms with E-state index in [4.69, 9.17) is 4.42 Å². The molecule has 0 N–H and O–H groups in total. The summed E-state index contributed by atoms with van der Waals surface area (Å²) in [7, 11) is 0. The number of amides is 1. The number of nitrogens with zero attached hydrogens (tertiary/aromatic N) is 3. The van der Waals surface area contributed by atoms with Crippen LogP contribution in [0.4, 0.5) is 5.69 Å². The Morgan fingerprint density at radius 3 is 2.74 bits per heavy atom. The molecule has 2 heterocycles. The van der Waals surface area contributed by atoms with Gasteiger partial charge in [0.15, 0.2) is 0 Å². The van der Waals surface area contributed by atoms with Gasteiger partial charge in [0.25, 0.3) is 5.22 Å². The first-order chi connectivity index (χ1) is 13.1. The number of fused-ring (bicyclic) bond motifs is 1. The lowest BCUT2D eigenvalue weighted by atomic mass is 10.0. The van der Waals surface area contributed by atoms with Crippen molar-refractivity contribution in [2.24, 2.45) is 0 Å². The Kier molecular flexibility index (Phi) is 4.99. The van der Waals surface area contributed by atoms with Gasteiger partial charge in [0.05, 0.1) is 5.25 Å². The Morgan fingerprint density at radius 2 is 1.93 bits per heavy atom. The topological polar surface area (TPSA) is 59.2 Å². The summed E-state index contributed by atoms with van der Waals surface area (Å²) in [5.41, 5.74) is 4.30. The smallest absolute Gasteiger partial charge is 0.277 e. The lowest BCUT2D eigenvalue weighted by molar-refractivity contribution is -0.117. The summed E-state index contributed by atoms with van der Waals surface area (Å²) in [5.74, 6) is 0.544. The molecule has 0 aliphatic carbocycles. The summed E-state index contributed by atoms with van der Waals surface area (Å²) in [6.07, 6.45) is 2.00. The highest BCUT2D eigenvalue weighted by Crippen LogP contribution is 2.31. The van der Waals surface area contributed by atoms with Gasteiger partial charge in [-0.25, -0.2) is 0 Å². The monoisotopic (exact) mass is 379 g/mol. The van der Waals surface area contributed by atoms with E-state index < -0.39 is 0 Å². The van der Waals surface area contributed by atoms with Gasteiger partial charge in [0, 0.05) is 17.8 Å². The molecular weight excluding hydrogens is 358 g/mol. The third-order valence-corrected chi connectivity index (χ3v) is 5.63. The summed E-state index contributed by atoms with van der Waals surface area (Å²) in [6, 6.07) is 16.0. The zero-order valence-electron chi connectivity index (χ0n) is 15.4. The number of anilines is 1. The van der Waals surface area contributed by atoms with E-state index in [2.05, 4.69) is 16.3 Å². The first-order valence-electron chi connectivity index (χ1n) is 9.08. The second-order valence-corrected chi connectivity index (χ2v) is 8.01. The van der Waals surface area contributed by atoms with E-state index in [0.29, 0.717) is 11.1 Å². The van der Waals surface area contributed by atoms with E-state index in [1.54, 1.807) is 0 Å². The summed E-state index contributed by atoms with van der Waals surface area (Å²) in [4.78, 5) is 14.9. The number of carbonyl (C=O) groups is 1. The maximum atomic E-state index is 13.0. The molecule has 2 aromatic carbocycles. The van der Waals surface area contributed by atoms with Gasteiger partial charge in [-0.05, 0) is 50.5 Å². The van der Waals surface area contributed by atoms with Crippen LogP contribution in [0.15, 0.2) is 58.2 Å². The van der Waals surface area contributed by atoms with E-state index >= 15 is 0 Å². The van der Waals surface area contributed by atoms with Crippen LogP contribution in [0.1, 0.15) is 24.5 Å². The molecule has 0 saturated carbocycles. The Morgan fingerprint density at radius 1 is 1.15 bits per heavy atom. The van der Waals surface area contributed by atoms with Crippen LogP contribution in [0.5, 0.6) is 0 Å². The quantitative estimate of drug-likeness (QED) is 0.625. The van der Waals surface area contributed by atoms with E-state index in [1.807, 2.05) is 61.2 Å². The van der Waals surface area contributed by atoms with Crippen molar-refractivity contribution < 1.29 is 9.21 Å². The fraction of sp³-hybridized carbons (Fsp3) is 0.286. The predicted octanol–water partition coefficient (Wildman–Crippen LogP) is 4.51. The SMILES string of the molecule is Cc1ccc(-c2nnc(SC(C)C(=O)N3CCCc4ccccc43)o2)cc1. The first-order valence-corrected chi connectivity index (χ1v) is 9.96. The average Bonchev–Trinajstić information content (AvgIpc) is 3.16. The Balaban J connectivity index is 1.47. The number of benzene rings is 2. The van der Waals surface area contributed by atoms with Gasteiger partial charge < -0.3 is 9.32 Å². The van der Waals surface area contributed by atoms with Crippen LogP contribution < -0.4 is 4.90 Å². The van der Waals surface area contributed by atoms with E-state index in [0.717, 1.165) is 30.6 Å². The minimum absolute atomic E-state index is 0.0715. The third kappa shape index (κ3) is 3.76. The van der Waals surface area contributed by atoms with Crippen LogP contribution in [0, 0.1) is 6.92 Å². The number of para-hydroxylation sites is 1. The molecule has 27 heavy (non-hydrogen) atoms. The molecule has 1 atom stereocenters. The number of aryl methyl sites for hydroxylation is 2. The van der Waals surface area contributed by atoms with Crippen molar-refractivity contribution in [3.63, 3.8) is 0 Å². The average molecular weight is 379 g/mol. The Labute approximate surface area is 162 Å². The molecule has 5 nitrogen and oxygen atoms in total. The van der Waals surface area contributed by atoms with Crippen molar-refractivity contribution in [1.82, 2.24) is 10.2 Å². The van der Waals surface area contributed by atoms with Crippen LogP contribution in [0.2, 0.25) is 0 Å². The third-order valence-electron chi connectivity index (χ3n) is 4.71. The molecule has 3 aromatic rings. The van der Waals surface area contributed by atoms with Gasteiger partial charge in [-0.2, -0.15) is 0 Å². The van der Waals surface area contributed by atoms with Crippen molar-refractivity contribution in [3.8, 4) is 11.5 Å². The molecule has 1 aromatic heterocycles. The molecule has 0 fully saturated rings. The molecule has 0 saturated heterocycles. The summed E-state index contributed by atoms with van der Waals surface area (Å²) in [6.45, 7) is 4.67. The molecule has 1 aliphatic heterocycles. The predicted molar refractivity (Wildman–Crippen MR) is 107 cm³/mol. The lowest BCUT2D eigenvalue weighted by Crippen LogP contribution is -2.40. The molecule has 1 amide bonds.